The Kier molecular flexibility index (Phi) is 12.2. The number of hydrogen-bond donors (Lipinski definition) is 0. The number of esters is 1. The molecule has 0 aliphatic heterocycles. The lowest BCUT2D eigenvalue weighted by Crippen LogP contribution is -2.27. The van der Waals surface area contributed by atoms with Crippen LogP contribution >= 0.6 is 0 Å². The predicted octanol–water partition coefficient (Wildman–Crippen LogP) is 8.60. The molecule has 2 atom stereocenters. The van der Waals surface area contributed by atoms with E-state index in [1.54, 1.807) is 6.92 Å². The highest BCUT2D eigenvalue weighted by Crippen LogP contribution is 2.38. The fraction of sp³-hybridized carbons (Fsp3) is 0.341. The Morgan fingerprint density at radius 3 is 2.33 bits per heavy atom. The first-order valence-corrected chi connectivity index (χ1v) is 16.6. The second kappa shape index (κ2) is 16.9. The Morgan fingerprint density at radius 1 is 0.761 bits per heavy atom. The number of rotatable bonds is 16. The van der Waals surface area contributed by atoms with Crippen molar-refractivity contribution in [2.45, 2.75) is 64.6 Å². The highest BCUT2D eigenvalue weighted by atomic mass is 16.6. The fourth-order valence-corrected chi connectivity index (χ4v) is 6.03. The molecule has 0 fully saturated rings. The molecule has 1 aliphatic rings. The third kappa shape index (κ3) is 8.74. The van der Waals surface area contributed by atoms with Crippen molar-refractivity contribution in [3.05, 3.63) is 136 Å². The van der Waals surface area contributed by atoms with E-state index in [2.05, 4.69) is 85.8 Å². The van der Waals surface area contributed by atoms with Crippen LogP contribution in [0.25, 0.3) is 12.2 Å². The van der Waals surface area contributed by atoms with Gasteiger partial charge >= 0.3 is 5.97 Å². The Labute approximate surface area is 274 Å². The van der Waals surface area contributed by atoms with E-state index in [9.17, 15) is 4.79 Å². The first-order chi connectivity index (χ1) is 22.6. The van der Waals surface area contributed by atoms with Gasteiger partial charge in [0.2, 0.25) is 0 Å². The normalized spacial score (nSPS) is 14.2. The monoisotopic (exact) mass is 618 g/mol. The molecule has 5 heteroatoms. The lowest BCUT2D eigenvalue weighted by Gasteiger charge is -2.23. The Balaban J connectivity index is 1.30. The van der Waals surface area contributed by atoms with Crippen molar-refractivity contribution in [2.75, 3.05) is 26.9 Å². The van der Waals surface area contributed by atoms with Crippen LogP contribution in [0.2, 0.25) is 0 Å². The zero-order valence-electron chi connectivity index (χ0n) is 27.4. The zero-order valence-corrected chi connectivity index (χ0v) is 27.4. The van der Waals surface area contributed by atoms with Gasteiger partial charge in [-0.05, 0) is 89.2 Å². The number of methoxy groups -OCH3 is 1. The van der Waals surface area contributed by atoms with Gasteiger partial charge in [0.25, 0.3) is 0 Å². The lowest BCUT2D eigenvalue weighted by molar-refractivity contribution is -0.154. The summed E-state index contributed by atoms with van der Waals surface area (Å²) in [6.45, 7) is 5.21. The van der Waals surface area contributed by atoms with E-state index >= 15 is 0 Å². The number of carbonyl (C=O) groups excluding carboxylic acids is 1. The predicted molar refractivity (Wildman–Crippen MR) is 185 cm³/mol. The molecule has 4 aromatic rings. The standard InChI is InChI=1S/C41H46O5/c1-4-6-11-31-17-21-34-22-25-36-33(20-16-30-12-8-7-9-13-30)14-10-15-37(36)40(38(34)28-31)46-27-26-45-35-23-18-32(19-24-35)29-39(43-3)41(42)44-5-2/h7-10,12-15,17-19,21-25,28,39-40H,4-6,11,16,20,26-27,29H2,1-3H3. The minimum absolute atomic E-state index is 0.196. The van der Waals surface area contributed by atoms with Crippen LogP contribution in [0, 0.1) is 0 Å². The van der Waals surface area contributed by atoms with Crippen LogP contribution in [-0.2, 0) is 44.7 Å². The molecule has 0 aromatic heterocycles. The average Bonchev–Trinajstić information content (AvgIpc) is 3.25. The summed E-state index contributed by atoms with van der Waals surface area (Å²) in [6.07, 6.45) is 9.51. The molecule has 46 heavy (non-hydrogen) atoms. The Hall–Kier alpha value is -4.19. The summed E-state index contributed by atoms with van der Waals surface area (Å²) in [7, 11) is 1.53. The van der Waals surface area contributed by atoms with Gasteiger partial charge in [-0.1, -0.05) is 104 Å². The molecular weight excluding hydrogens is 572 g/mol. The molecule has 0 amide bonds. The minimum atomic E-state index is -0.624. The van der Waals surface area contributed by atoms with Gasteiger partial charge in [0.05, 0.1) is 13.2 Å². The van der Waals surface area contributed by atoms with Gasteiger partial charge in [-0.3, -0.25) is 0 Å². The van der Waals surface area contributed by atoms with E-state index in [1.165, 1.54) is 58.9 Å². The molecular formula is C41H46O5. The number of ether oxygens (including phenoxy) is 4. The molecule has 2 unspecified atom stereocenters. The molecule has 4 aromatic carbocycles. The highest BCUT2D eigenvalue weighted by Gasteiger charge is 2.24. The maximum atomic E-state index is 12.1. The molecule has 0 N–H and O–H groups in total. The topological polar surface area (TPSA) is 54.0 Å². The third-order valence-electron chi connectivity index (χ3n) is 8.54. The first-order valence-electron chi connectivity index (χ1n) is 16.6. The van der Waals surface area contributed by atoms with Crippen LogP contribution in [0.5, 0.6) is 5.75 Å². The minimum Gasteiger partial charge on any atom is -0.491 e. The molecule has 0 saturated carbocycles. The van der Waals surface area contributed by atoms with Crippen molar-refractivity contribution >= 4 is 18.1 Å². The van der Waals surface area contributed by atoms with Crippen LogP contribution in [0.15, 0.2) is 91.0 Å². The molecule has 5 nitrogen and oxygen atoms in total. The van der Waals surface area contributed by atoms with Crippen molar-refractivity contribution in [2.24, 2.45) is 0 Å². The second-order valence-electron chi connectivity index (χ2n) is 11.7. The molecule has 0 spiro atoms. The van der Waals surface area contributed by atoms with E-state index < -0.39 is 6.10 Å². The van der Waals surface area contributed by atoms with Crippen LogP contribution in [0.4, 0.5) is 0 Å². The summed E-state index contributed by atoms with van der Waals surface area (Å²) in [6, 6.07) is 31.9. The number of unbranched alkanes of at least 4 members (excludes halogenated alkanes) is 1. The van der Waals surface area contributed by atoms with Gasteiger partial charge in [0.1, 0.15) is 18.5 Å². The highest BCUT2D eigenvalue weighted by molar-refractivity contribution is 5.78. The largest absolute Gasteiger partial charge is 0.491 e. The molecule has 0 bridgehead atoms. The van der Waals surface area contributed by atoms with Crippen molar-refractivity contribution < 1.29 is 23.7 Å². The zero-order chi connectivity index (χ0) is 32.1. The summed E-state index contributed by atoms with van der Waals surface area (Å²) < 4.78 is 23.3. The number of fused-ring (bicyclic) bond motifs is 2. The third-order valence-corrected chi connectivity index (χ3v) is 8.54. The SMILES string of the molecule is CCCCc1ccc2c(c1)C(OCCOc1ccc(CC(OC)C(=O)OCC)cc1)c1cccc(CCc3ccccc3)c1C=C2. The fourth-order valence-electron chi connectivity index (χ4n) is 6.03. The molecule has 5 rings (SSSR count). The number of hydrogen-bond acceptors (Lipinski definition) is 5. The van der Waals surface area contributed by atoms with Gasteiger partial charge in [-0.2, -0.15) is 0 Å². The van der Waals surface area contributed by atoms with Crippen LogP contribution in [0.3, 0.4) is 0 Å². The number of carbonyl (C=O) groups is 1. The summed E-state index contributed by atoms with van der Waals surface area (Å²) in [4.78, 5) is 12.1. The van der Waals surface area contributed by atoms with E-state index in [-0.39, 0.29) is 12.1 Å². The van der Waals surface area contributed by atoms with E-state index in [0.29, 0.717) is 26.2 Å². The second-order valence-corrected chi connectivity index (χ2v) is 11.7. The van der Waals surface area contributed by atoms with Crippen LogP contribution < -0.4 is 4.74 Å². The van der Waals surface area contributed by atoms with Crippen LogP contribution in [-0.4, -0.2) is 39.0 Å². The van der Waals surface area contributed by atoms with Gasteiger partial charge < -0.3 is 18.9 Å². The molecule has 1 aliphatic carbocycles. The van der Waals surface area contributed by atoms with Crippen LogP contribution in [0.1, 0.15) is 77.3 Å². The molecule has 0 radical (unpaired) electrons. The van der Waals surface area contributed by atoms with Crippen molar-refractivity contribution in [3.8, 4) is 5.75 Å². The Bertz CT molecular complexity index is 1570. The molecule has 0 saturated heterocycles. The van der Waals surface area contributed by atoms with E-state index in [0.717, 1.165) is 30.6 Å². The van der Waals surface area contributed by atoms with E-state index in [4.69, 9.17) is 18.9 Å². The van der Waals surface area contributed by atoms with Gasteiger partial charge in [0, 0.05) is 13.5 Å². The average molecular weight is 619 g/mol. The summed E-state index contributed by atoms with van der Waals surface area (Å²) in [5.41, 5.74) is 9.87. The summed E-state index contributed by atoms with van der Waals surface area (Å²) in [5, 5.41) is 0. The quantitative estimate of drug-likeness (QED) is 0.0930. The summed E-state index contributed by atoms with van der Waals surface area (Å²) >= 11 is 0. The Morgan fingerprint density at radius 2 is 1.57 bits per heavy atom. The first kappa shape index (κ1) is 33.2. The van der Waals surface area contributed by atoms with Gasteiger partial charge in [-0.25, -0.2) is 4.79 Å². The number of aryl methyl sites for hydroxylation is 3. The maximum absolute atomic E-state index is 12.1. The van der Waals surface area contributed by atoms with Crippen molar-refractivity contribution in [1.29, 1.82) is 0 Å². The van der Waals surface area contributed by atoms with Gasteiger partial charge in [-0.15, -0.1) is 0 Å². The van der Waals surface area contributed by atoms with Crippen molar-refractivity contribution in [3.63, 3.8) is 0 Å². The molecule has 0 heterocycles. The van der Waals surface area contributed by atoms with Gasteiger partial charge in [0.15, 0.2) is 6.10 Å². The smallest absolute Gasteiger partial charge is 0.335 e. The number of benzene rings is 4. The maximum Gasteiger partial charge on any atom is 0.335 e. The lowest BCUT2D eigenvalue weighted by atomic mass is 9.90. The molecule has 240 valence electrons. The van der Waals surface area contributed by atoms with E-state index in [1.807, 2.05) is 24.3 Å². The van der Waals surface area contributed by atoms with Crippen molar-refractivity contribution in [1.82, 2.24) is 0 Å². The summed E-state index contributed by atoms with van der Waals surface area (Å²) in [5.74, 6) is 0.408.